The molecule has 1 N–H and O–H groups in total. The molecule has 1 aromatic carbocycles. The summed E-state index contributed by atoms with van der Waals surface area (Å²) < 4.78 is 38.0. The Hall–Kier alpha value is -1.04. The summed E-state index contributed by atoms with van der Waals surface area (Å²) in [5.74, 6) is -0.0903. The first-order valence-corrected chi connectivity index (χ1v) is 8.08. The molecule has 0 bridgehead atoms. The molecule has 6 heteroatoms. The maximum absolute atomic E-state index is 12.7. The zero-order chi connectivity index (χ0) is 15.5. The number of carbonyl (C=O) groups excluding carboxylic acids is 1. The van der Waals surface area contributed by atoms with Crippen LogP contribution in [0, 0.1) is 5.92 Å². The molecule has 2 rings (SSSR count). The molecule has 21 heavy (non-hydrogen) atoms. The van der Waals surface area contributed by atoms with Crippen LogP contribution in [0.5, 0.6) is 0 Å². The van der Waals surface area contributed by atoms with Gasteiger partial charge in [-0.25, -0.2) is 0 Å². The molecular formula is C15H17BrF3NO. The first-order chi connectivity index (χ1) is 9.91. The number of hydrogen-bond acceptors (Lipinski definition) is 1. The van der Waals surface area contributed by atoms with Gasteiger partial charge in [0.15, 0.2) is 0 Å². The largest absolute Gasteiger partial charge is 0.416 e. The molecule has 0 aromatic heterocycles. The minimum atomic E-state index is -4.43. The Balaban J connectivity index is 2.09. The fourth-order valence-electron chi connectivity index (χ4n) is 2.67. The summed E-state index contributed by atoms with van der Waals surface area (Å²) in [6.45, 7) is 0. The summed E-state index contributed by atoms with van der Waals surface area (Å²) in [4.78, 5) is 12.2. The van der Waals surface area contributed by atoms with Crippen LogP contribution in [0.3, 0.4) is 0 Å². The highest BCUT2D eigenvalue weighted by molar-refractivity contribution is 9.09. The molecule has 0 aliphatic heterocycles. The van der Waals surface area contributed by atoms with Gasteiger partial charge in [-0.15, -0.1) is 0 Å². The first kappa shape index (κ1) is 16.3. The molecule has 0 spiro atoms. The van der Waals surface area contributed by atoms with Gasteiger partial charge in [0.05, 0.1) is 5.56 Å². The number of benzene rings is 1. The van der Waals surface area contributed by atoms with E-state index in [0.717, 1.165) is 43.1 Å². The van der Waals surface area contributed by atoms with Crippen molar-refractivity contribution in [3.8, 4) is 0 Å². The van der Waals surface area contributed by atoms with E-state index < -0.39 is 17.6 Å². The van der Waals surface area contributed by atoms with Gasteiger partial charge >= 0.3 is 6.18 Å². The van der Waals surface area contributed by atoms with Gasteiger partial charge < -0.3 is 5.32 Å². The lowest BCUT2D eigenvalue weighted by molar-refractivity contribution is -0.137. The molecule has 0 heterocycles. The second-order valence-electron chi connectivity index (χ2n) is 5.36. The predicted octanol–water partition coefficient (Wildman–Crippen LogP) is 4.39. The molecule has 116 valence electrons. The molecule has 2 unspecified atom stereocenters. The van der Waals surface area contributed by atoms with Gasteiger partial charge in [0.1, 0.15) is 0 Å². The van der Waals surface area contributed by atoms with Crippen LogP contribution in [0.25, 0.3) is 0 Å². The van der Waals surface area contributed by atoms with Gasteiger partial charge in [0.25, 0.3) is 5.91 Å². The van der Waals surface area contributed by atoms with E-state index in [9.17, 15) is 18.0 Å². The molecule has 2 nitrogen and oxygen atoms in total. The van der Waals surface area contributed by atoms with Gasteiger partial charge in [0.2, 0.25) is 0 Å². The molecule has 1 aliphatic carbocycles. The Morgan fingerprint density at radius 2 is 2.00 bits per heavy atom. The number of amides is 1. The summed E-state index contributed by atoms with van der Waals surface area (Å²) in [6.07, 6.45) is -0.359. The van der Waals surface area contributed by atoms with E-state index in [4.69, 9.17) is 0 Å². The normalized spacial score (nSPS) is 22.9. The first-order valence-electron chi connectivity index (χ1n) is 6.96. The maximum Gasteiger partial charge on any atom is 0.416 e. The third-order valence-corrected chi connectivity index (χ3v) is 4.71. The average Bonchev–Trinajstić information content (AvgIpc) is 2.47. The summed E-state index contributed by atoms with van der Waals surface area (Å²) in [5, 5.41) is 3.67. The second kappa shape index (κ2) is 6.81. The molecule has 1 fully saturated rings. The van der Waals surface area contributed by atoms with E-state index in [1.165, 1.54) is 12.1 Å². The zero-order valence-electron chi connectivity index (χ0n) is 11.4. The van der Waals surface area contributed by atoms with Crippen LogP contribution >= 0.6 is 15.9 Å². The van der Waals surface area contributed by atoms with Crippen LogP contribution in [0.15, 0.2) is 24.3 Å². The van der Waals surface area contributed by atoms with Crippen molar-refractivity contribution in [2.24, 2.45) is 5.92 Å². The smallest absolute Gasteiger partial charge is 0.349 e. The molecule has 1 aliphatic rings. The van der Waals surface area contributed by atoms with Crippen LogP contribution in [-0.2, 0) is 6.18 Å². The monoisotopic (exact) mass is 363 g/mol. The minimum Gasteiger partial charge on any atom is -0.349 e. The lowest BCUT2D eigenvalue weighted by Gasteiger charge is -2.31. The maximum atomic E-state index is 12.7. The van der Waals surface area contributed by atoms with Gasteiger partial charge in [-0.05, 0) is 37.0 Å². The summed E-state index contributed by atoms with van der Waals surface area (Å²) >= 11 is 3.44. The van der Waals surface area contributed by atoms with Crippen LogP contribution < -0.4 is 5.32 Å². The Morgan fingerprint density at radius 3 is 2.67 bits per heavy atom. The number of carbonyl (C=O) groups is 1. The number of alkyl halides is 4. The third-order valence-electron chi connectivity index (χ3n) is 3.88. The second-order valence-corrected chi connectivity index (χ2v) is 6.00. The fraction of sp³-hybridized carbons (Fsp3) is 0.533. The third kappa shape index (κ3) is 4.22. The molecule has 0 saturated heterocycles. The summed E-state index contributed by atoms with van der Waals surface area (Å²) in [6, 6.07) is 4.58. The predicted molar refractivity (Wildman–Crippen MR) is 78.5 cm³/mol. The van der Waals surface area contributed by atoms with Crippen molar-refractivity contribution in [2.45, 2.75) is 37.9 Å². The van der Waals surface area contributed by atoms with Crippen LogP contribution in [0.2, 0.25) is 0 Å². The lowest BCUT2D eigenvalue weighted by Crippen LogP contribution is -2.42. The van der Waals surface area contributed by atoms with E-state index in [1.807, 2.05) is 0 Å². The van der Waals surface area contributed by atoms with Crippen molar-refractivity contribution < 1.29 is 18.0 Å². The van der Waals surface area contributed by atoms with Crippen molar-refractivity contribution in [3.05, 3.63) is 35.4 Å². The van der Waals surface area contributed by atoms with Crippen molar-refractivity contribution in [1.29, 1.82) is 0 Å². The molecule has 1 aromatic rings. The van der Waals surface area contributed by atoms with E-state index in [-0.39, 0.29) is 11.6 Å². The lowest BCUT2D eigenvalue weighted by atomic mass is 9.86. The van der Waals surface area contributed by atoms with Gasteiger partial charge in [-0.3, -0.25) is 4.79 Å². The standard InChI is InChI=1S/C15H17BrF3NO/c16-9-11-4-1-2-7-13(11)20-14(21)10-5-3-6-12(8-10)15(17,18)19/h3,5-6,8,11,13H,1-2,4,7,9H2,(H,20,21). The number of nitrogens with one attached hydrogen (secondary N) is 1. The highest BCUT2D eigenvalue weighted by Crippen LogP contribution is 2.30. The molecule has 1 amide bonds. The summed E-state index contributed by atoms with van der Waals surface area (Å²) in [5.41, 5.74) is -0.737. The highest BCUT2D eigenvalue weighted by atomic mass is 79.9. The summed E-state index contributed by atoms with van der Waals surface area (Å²) in [7, 11) is 0. The number of rotatable bonds is 3. The Labute approximate surface area is 130 Å². The highest BCUT2D eigenvalue weighted by Gasteiger charge is 2.31. The van der Waals surface area contributed by atoms with E-state index >= 15 is 0 Å². The van der Waals surface area contributed by atoms with E-state index in [1.54, 1.807) is 0 Å². The zero-order valence-corrected chi connectivity index (χ0v) is 13.0. The molecular weight excluding hydrogens is 347 g/mol. The molecule has 2 atom stereocenters. The average molecular weight is 364 g/mol. The number of halogens is 4. The Morgan fingerprint density at radius 1 is 1.29 bits per heavy atom. The Kier molecular flexibility index (Phi) is 5.30. The van der Waals surface area contributed by atoms with Crippen molar-refractivity contribution >= 4 is 21.8 Å². The van der Waals surface area contributed by atoms with Crippen LogP contribution in [0.4, 0.5) is 13.2 Å². The van der Waals surface area contributed by atoms with E-state index in [0.29, 0.717) is 5.92 Å². The van der Waals surface area contributed by atoms with Gasteiger partial charge in [-0.2, -0.15) is 13.2 Å². The van der Waals surface area contributed by atoms with Crippen molar-refractivity contribution in [3.63, 3.8) is 0 Å². The van der Waals surface area contributed by atoms with Crippen LogP contribution in [-0.4, -0.2) is 17.3 Å². The molecule has 1 saturated carbocycles. The quantitative estimate of drug-likeness (QED) is 0.792. The van der Waals surface area contributed by atoms with Gasteiger partial charge in [0, 0.05) is 16.9 Å². The number of hydrogen-bond donors (Lipinski definition) is 1. The van der Waals surface area contributed by atoms with Crippen molar-refractivity contribution in [1.82, 2.24) is 5.32 Å². The SMILES string of the molecule is O=C(NC1CCCCC1CBr)c1cccc(C(F)(F)F)c1. The fourth-order valence-corrected chi connectivity index (χ4v) is 3.45. The minimum absolute atomic E-state index is 0.0279. The molecule has 0 radical (unpaired) electrons. The van der Waals surface area contributed by atoms with Gasteiger partial charge in [-0.1, -0.05) is 34.8 Å². The topological polar surface area (TPSA) is 29.1 Å². The van der Waals surface area contributed by atoms with Crippen molar-refractivity contribution in [2.75, 3.05) is 5.33 Å². The van der Waals surface area contributed by atoms with Crippen LogP contribution in [0.1, 0.15) is 41.6 Å². The Bertz CT molecular complexity index is 504. The van der Waals surface area contributed by atoms with E-state index in [2.05, 4.69) is 21.2 Å².